The molecule has 0 aliphatic rings. The van der Waals surface area contributed by atoms with E-state index in [0.717, 1.165) is 23.5 Å². The topological polar surface area (TPSA) is 76.4 Å². The second kappa shape index (κ2) is 5.14. The predicted octanol–water partition coefficient (Wildman–Crippen LogP) is 2.15. The maximum atomic E-state index is 8.87. The Morgan fingerprint density at radius 1 is 1.37 bits per heavy atom. The Labute approximate surface area is 112 Å². The molecule has 1 heterocycles. The van der Waals surface area contributed by atoms with Crippen LogP contribution in [-0.4, -0.2) is 20.8 Å². The number of amidine groups is 1. The minimum Gasteiger partial charge on any atom is -0.409 e. The third kappa shape index (κ3) is 2.19. The lowest BCUT2D eigenvalue weighted by Crippen LogP contribution is -2.17. The van der Waals surface area contributed by atoms with E-state index in [-0.39, 0.29) is 5.84 Å². The zero-order valence-electron chi connectivity index (χ0n) is 11.4. The van der Waals surface area contributed by atoms with Crippen LogP contribution in [0.2, 0.25) is 0 Å². The molecule has 0 bridgehead atoms. The van der Waals surface area contributed by atoms with Crippen LogP contribution in [0.15, 0.2) is 29.4 Å². The summed E-state index contributed by atoms with van der Waals surface area (Å²) in [7, 11) is 0. The van der Waals surface area contributed by atoms with E-state index >= 15 is 0 Å². The van der Waals surface area contributed by atoms with Crippen LogP contribution >= 0.6 is 0 Å². The van der Waals surface area contributed by atoms with Gasteiger partial charge in [-0.15, -0.1) is 0 Å². The van der Waals surface area contributed by atoms with Gasteiger partial charge in [-0.2, -0.15) is 5.10 Å². The van der Waals surface area contributed by atoms with E-state index in [1.54, 1.807) is 0 Å². The molecule has 2 rings (SSSR count). The van der Waals surface area contributed by atoms with Crippen molar-refractivity contribution in [2.45, 2.75) is 27.2 Å². The highest BCUT2D eigenvalue weighted by Crippen LogP contribution is 2.21. The number of nitrogens with zero attached hydrogens (tertiary/aromatic N) is 3. The number of oxime groups is 1. The molecule has 0 aliphatic heterocycles. The highest BCUT2D eigenvalue weighted by atomic mass is 16.4. The van der Waals surface area contributed by atoms with Crippen molar-refractivity contribution >= 4 is 5.84 Å². The summed E-state index contributed by atoms with van der Waals surface area (Å²) in [5.74, 6) is 0.0844. The van der Waals surface area contributed by atoms with E-state index in [2.05, 4.69) is 17.2 Å². The van der Waals surface area contributed by atoms with Crippen LogP contribution in [0.5, 0.6) is 0 Å². The first-order chi connectivity index (χ1) is 9.10. The molecule has 1 aromatic heterocycles. The molecule has 1 aromatic carbocycles. The molecule has 100 valence electrons. The average molecular weight is 258 g/mol. The van der Waals surface area contributed by atoms with Gasteiger partial charge >= 0.3 is 0 Å². The van der Waals surface area contributed by atoms with E-state index in [0.29, 0.717) is 5.56 Å². The van der Waals surface area contributed by atoms with Gasteiger partial charge in [0.1, 0.15) is 0 Å². The van der Waals surface area contributed by atoms with Gasteiger partial charge in [0.15, 0.2) is 5.84 Å². The number of aryl methyl sites for hydroxylation is 1. The van der Waals surface area contributed by atoms with Gasteiger partial charge in [-0.05, 0) is 38.0 Å². The molecule has 5 nitrogen and oxygen atoms in total. The maximum Gasteiger partial charge on any atom is 0.172 e. The number of para-hydroxylation sites is 1. The SMILES string of the molecule is CCc1c(C)nn(-c2ccccc2C(N)=NO)c1C. The summed E-state index contributed by atoms with van der Waals surface area (Å²) in [5, 5.41) is 16.5. The predicted molar refractivity (Wildman–Crippen MR) is 74.9 cm³/mol. The molecule has 3 N–H and O–H groups in total. The second-order valence-electron chi connectivity index (χ2n) is 4.42. The van der Waals surface area contributed by atoms with Gasteiger partial charge in [0.2, 0.25) is 0 Å². The Kier molecular flexibility index (Phi) is 3.55. The largest absolute Gasteiger partial charge is 0.409 e. The number of hydrogen-bond acceptors (Lipinski definition) is 3. The molecule has 0 amide bonds. The van der Waals surface area contributed by atoms with E-state index in [1.807, 2.05) is 42.8 Å². The first-order valence-corrected chi connectivity index (χ1v) is 6.22. The van der Waals surface area contributed by atoms with Gasteiger partial charge in [0, 0.05) is 11.3 Å². The summed E-state index contributed by atoms with van der Waals surface area (Å²) in [4.78, 5) is 0. The van der Waals surface area contributed by atoms with Gasteiger partial charge in [-0.1, -0.05) is 24.2 Å². The quantitative estimate of drug-likeness (QED) is 0.383. The number of aromatic nitrogens is 2. The molecule has 0 saturated heterocycles. The third-order valence-electron chi connectivity index (χ3n) is 3.31. The van der Waals surface area contributed by atoms with Gasteiger partial charge in [-0.25, -0.2) is 4.68 Å². The molecule has 5 heteroatoms. The average Bonchev–Trinajstić information content (AvgIpc) is 2.72. The molecule has 0 saturated carbocycles. The molecule has 0 atom stereocenters. The maximum absolute atomic E-state index is 8.87. The Bertz CT molecular complexity index is 628. The Balaban J connectivity index is 2.66. The number of nitrogens with two attached hydrogens (primary N) is 1. The van der Waals surface area contributed by atoms with Crippen molar-refractivity contribution in [1.82, 2.24) is 9.78 Å². The summed E-state index contributed by atoms with van der Waals surface area (Å²) in [6.45, 7) is 6.13. The summed E-state index contributed by atoms with van der Waals surface area (Å²) in [6, 6.07) is 7.48. The van der Waals surface area contributed by atoms with Gasteiger partial charge in [0.25, 0.3) is 0 Å². The highest BCUT2D eigenvalue weighted by molar-refractivity contribution is 6.00. The molecule has 0 radical (unpaired) electrons. The summed E-state index contributed by atoms with van der Waals surface area (Å²) >= 11 is 0. The fraction of sp³-hybridized carbons (Fsp3) is 0.286. The zero-order chi connectivity index (χ0) is 14.0. The van der Waals surface area contributed by atoms with Gasteiger partial charge in [-0.3, -0.25) is 0 Å². The lowest BCUT2D eigenvalue weighted by atomic mass is 10.1. The van der Waals surface area contributed by atoms with Crippen molar-refractivity contribution in [2.24, 2.45) is 10.9 Å². The van der Waals surface area contributed by atoms with Crippen LogP contribution in [0, 0.1) is 13.8 Å². The van der Waals surface area contributed by atoms with Crippen molar-refractivity contribution < 1.29 is 5.21 Å². The zero-order valence-corrected chi connectivity index (χ0v) is 11.4. The summed E-state index contributed by atoms with van der Waals surface area (Å²) in [6.07, 6.45) is 0.934. The molecule has 0 aliphatic carbocycles. The summed E-state index contributed by atoms with van der Waals surface area (Å²) in [5.41, 5.74) is 10.5. The van der Waals surface area contributed by atoms with Crippen molar-refractivity contribution in [3.63, 3.8) is 0 Å². The standard InChI is InChI=1S/C14H18N4O/c1-4-11-9(2)16-18(10(11)3)13-8-6-5-7-12(13)14(15)17-19/h5-8,19H,4H2,1-3H3,(H2,15,17). The Morgan fingerprint density at radius 2 is 2.05 bits per heavy atom. The molecule has 0 unspecified atom stereocenters. The lowest BCUT2D eigenvalue weighted by molar-refractivity contribution is 0.318. The Morgan fingerprint density at radius 3 is 2.63 bits per heavy atom. The Hall–Kier alpha value is -2.30. The monoisotopic (exact) mass is 258 g/mol. The highest BCUT2D eigenvalue weighted by Gasteiger charge is 2.15. The number of hydrogen-bond donors (Lipinski definition) is 2. The van der Waals surface area contributed by atoms with Crippen LogP contribution in [0.4, 0.5) is 0 Å². The lowest BCUT2D eigenvalue weighted by Gasteiger charge is -2.10. The number of benzene rings is 1. The molecule has 2 aromatic rings. The van der Waals surface area contributed by atoms with Crippen molar-refractivity contribution in [2.75, 3.05) is 0 Å². The molecule has 0 fully saturated rings. The molecule has 0 spiro atoms. The summed E-state index contributed by atoms with van der Waals surface area (Å²) < 4.78 is 1.85. The van der Waals surface area contributed by atoms with Gasteiger partial charge < -0.3 is 10.9 Å². The van der Waals surface area contributed by atoms with Crippen LogP contribution in [-0.2, 0) is 6.42 Å². The van der Waals surface area contributed by atoms with Crippen LogP contribution in [0.3, 0.4) is 0 Å². The van der Waals surface area contributed by atoms with Crippen LogP contribution in [0.1, 0.15) is 29.4 Å². The van der Waals surface area contributed by atoms with Crippen molar-refractivity contribution in [1.29, 1.82) is 0 Å². The second-order valence-corrected chi connectivity index (χ2v) is 4.42. The molecular formula is C14H18N4O. The van der Waals surface area contributed by atoms with Gasteiger partial charge in [0.05, 0.1) is 11.4 Å². The van der Waals surface area contributed by atoms with Crippen molar-refractivity contribution in [3.05, 3.63) is 46.8 Å². The minimum absolute atomic E-state index is 0.0844. The fourth-order valence-corrected chi connectivity index (χ4v) is 2.35. The molecule has 19 heavy (non-hydrogen) atoms. The minimum atomic E-state index is 0.0844. The van der Waals surface area contributed by atoms with E-state index in [9.17, 15) is 0 Å². The first kappa shape index (κ1) is 13.1. The van der Waals surface area contributed by atoms with E-state index in [4.69, 9.17) is 10.9 Å². The smallest absolute Gasteiger partial charge is 0.172 e. The molecular weight excluding hydrogens is 240 g/mol. The van der Waals surface area contributed by atoms with Crippen molar-refractivity contribution in [3.8, 4) is 5.69 Å². The van der Waals surface area contributed by atoms with E-state index in [1.165, 1.54) is 5.56 Å². The normalized spacial score (nSPS) is 11.8. The van der Waals surface area contributed by atoms with Crippen LogP contribution < -0.4 is 5.73 Å². The number of rotatable bonds is 3. The van der Waals surface area contributed by atoms with Crippen LogP contribution in [0.25, 0.3) is 5.69 Å². The van der Waals surface area contributed by atoms with E-state index < -0.39 is 0 Å². The first-order valence-electron chi connectivity index (χ1n) is 6.22. The fourth-order valence-electron chi connectivity index (χ4n) is 2.35. The third-order valence-corrected chi connectivity index (χ3v) is 3.31.